The average molecular weight is 224 g/mol. The molecular weight excluding hydrogens is 196 g/mol. The van der Waals surface area contributed by atoms with Crippen molar-refractivity contribution in [3.63, 3.8) is 0 Å². The summed E-state index contributed by atoms with van der Waals surface area (Å²) in [4.78, 5) is 0. The molecule has 0 aliphatic heterocycles. The summed E-state index contributed by atoms with van der Waals surface area (Å²) in [5.41, 5.74) is 0. The standard InChI is InChI=1S/C15H28O/c1-2-3-4-5-6-7-8-9-10-11-12-13-14-15-16/h4-7,16H,2-3,8-15H2,1H3/b5-4-,7-6+. The SMILES string of the molecule is CCC/C=C\C=C\CCCCCCCCO. The van der Waals surface area contributed by atoms with Gasteiger partial charge in [0.15, 0.2) is 0 Å². The van der Waals surface area contributed by atoms with E-state index in [1.807, 2.05) is 0 Å². The van der Waals surface area contributed by atoms with Crippen molar-refractivity contribution in [3.8, 4) is 0 Å². The number of aliphatic hydroxyl groups is 1. The number of allylic oxidation sites excluding steroid dienone is 4. The van der Waals surface area contributed by atoms with Crippen molar-refractivity contribution in [2.24, 2.45) is 0 Å². The van der Waals surface area contributed by atoms with E-state index in [4.69, 9.17) is 5.11 Å². The van der Waals surface area contributed by atoms with Gasteiger partial charge in [-0.25, -0.2) is 0 Å². The van der Waals surface area contributed by atoms with Crippen LogP contribution < -0.4 is 0 Å². The highest BCUT2D eigenvalue weighted by molar-refractivity contribution is 5.02. The normalized spacial score (nSPS) is 11.9. The van der Waals surface area contributed by atoms with Crippen LogP contribution in [0.1, 0.15) is 64.7 Å². The highest BCUT2D eigenvalue weighted by Crippen LogP contribution is 2.07. The summed E-state index contributed by atoms with van der Waals surface area (Å²) in [5, 5.41) is 8.61. The lowest BCUT2D eigenvalue weighted by Gasteiger charge is -1.98. The van der Waals surface area contributed by atoms with E-state index >= 15 is 0 Å². The summed E-state index contributed by atoms with van der Waals surface area (Å²) in [6, 6.07) is 0. The molecule has 0 aliphatic carbocycles. The fraction of sp³-hybridized carbons (Fsp3) is 0.733. The number of aliphatic hydroxyl groups excluding tert-OH is 1. The molecule has 0 amide bonds. The molecule has 0 atom stereocenters. The molecule has 0 saturated carbocycles. The van der Waals surface area contributed by atoms with Crippen LogP contribution in [0.2, 0.25) is 0 Å². The Kier molecular flexibility index (Phi) is 13.9. The van der Waals surface area contributed by atoms with Crippen LogP contribution in [0.15, 0.2) is 24.3 Å². The van der Waals surface area contributed by atoms with Crippen LogP contribution in [0.5, 0.6) is 0 Å². The highest BCUT2D eigenvalue weighted by Gasteiger charge is 1.89. The number of rotatable bonds is 11. The Hall–Kier alpha value is -0.560. The predicted octanol–water partition coefficient (Wildman–Crippen LogP) is 4.62. The molecule has 0 spiro atoms. The summed E-state index contributed by atoms with van der Waals surface area (Å²) >= 11 is 0. The topological polar surface area (TPSA) is 20.2 Å². The Morgan fingerprint density at radius 1 is 0.750 bits per heavy atom. The summed E-state index contributed by atoms with van der Waals surface area (Å²) in [6.07, 6.45) is 19.8. The minimum Gasteiger partial charge on any atom is -0.396 e. The first kappa shape index (κ1) is 15.4. The number of hydrogen-bond acceptors (Lipinski definition) is 1. The van der Waals surface area contributed by atoms with E-state index < -0.39 is 0 Å². The van der Waals surface area contributed by atoms with Gasteiger partial charge in [-0.1, -0.05) is 63.3 Å². The third-order valence-corrected chi connectivity index (χ3v) is 2.62. The van der Waals surface area contributed by atoms with Crippen molar-refractivity contribution in [1.82, 2.24) is 0 Å². The Morgan fingerprint density at radius 3 is 1.94 bits per heavy atom. The van der Waals surface area contributed by atoms with Gasteiger partial charge in [0.2, 0.25) is 0 Å². The highest BCUT2D eigenvalue weighted by atomic mass is 16.2. The largest absolute Gasteiger partial charge is 0.396 e. The zero-order valence-electron chi connectivity index (χ0n) is 10.8. The van der Waals surface area contributed by atoms with Gasteiger partial charge in [0, 0.05) is 6.61 Å². The van der Waals surface area contributed by atoms with Gasteiger partial charge in [-0.3, -0.25) is 0 Å². The maximum Gasteiger partial charge on any atom is 0.0431 e. The van der Waals surface area contributed by atoms with Gasteiger partial charge >= 0.3 is 0 Å². The van der Waals surface area contributed by atoms with Crippen molar-refractivity contribution in [3.05, 3.63) is 24.3 Å². The Labute approximate surface area is 101 Å². The minimum absolute atomic E-state index is 0.354. The molecule has 0 aromatic heterocycles. The first-order valence-electron chi connectivity index (χ1n) is 6.84. The third-order valence-electron chi connectivity index (χ3n) is 2.62. The molecule has 1 heteroatoms. The lowest BCUT2D eigenvalue weighted by atomic mass is 10.1. The molecule has 0 saturated heterocycles. The smallest absolute Gasteiger partial charge is 0.0431 e. The van der Waals surface area contributed by atoms with Gasteiger partial charge in [-0.2, -0.15) is 0 Å². The quantitative estimate of drug-likeness (QED) is 0.401. The van der Waals surface area contributed by atoms with E-state index in [1.165, 1.54) is 51.4 Å². The third kappa shape index (κ3) is 13.4. The Balaban J connectivity index is 3.08. The van der Waals surface area contributed by atoms with Crippen LogP contribution in [0, 0.1) is 0 Å². The second-order valence-corrected chi connectivity index (χ2v) is 4.28. The van der Waals surface area contributed by atoms with Crippen molar-refractivity contribution < 1.29 is 5.11 Å². The van der Waals surface area contributed by atoms with Crippen LogP contribution >= 0.6 is 0 Å². The van der Waals surface area contributed by atoms with Crippen molar-refractivity contribution in [1.29, 1.82) is 0 Å². The molecule has 0 radical (unpaired) electrons. The lowest BCUT2D eigenvalue weighted by Crippen LogP contribution is -1.83. The van der Waals surface area contributed by atoms with E-state index in [0.717, 1.165) is 6.42 Å². The fourth-order valence-electron chi connectivity index (χ4n) is 1.60. The Bertz CT molecular complexity index is 170. The summed E-state index contributed by atoms with van der Waals surface area (Å²) in [6.45, 7) is 2.55. The Morgan fingerprint density at radius 2 is 1.31 bits per heavy atom. The molecule has 1 nitrogen and oxygen atoms in total. The molecule has 0 fully saturated rings. The van der Waals surface area contributed by atoms with Gasteiger partial charge < -0.3 is 5.11 Å². The summed E-state index contributed by atoms with van der Waals surface area (Å²) in [7, 11) is 0. The first-order valence-corrected chi connectivity index (χ1v) is 6.84. The van der Waals surface area contributed by atoms with E-state index in [9.17, 15) is 0 Å². The molecule has 0 unspecified atom stereocenters. The van der Waals surface area contributed by atoms with E-state index in [1.54, 1.807) is 0 Å². The zero-order valence-corrected chi connectivity index (χ0v) is 10.8. The van der Waals surface area contributed by atoms with Crippen LogP contribution in [0.4, 0.5) is 0 Å². The van der Waals surface area contributed by atoms with E-state index in [0.29, 0.717) is 6.61 Å². The molecule has 1 N–H and O–H groups in total. The molecular formula is C15H28O. The van der Waals surface area contributed by atoms with Gasteiger partial charge in [-0.15, -0.1) is 0 Å². The second-order valence-electron chi connectivity index (χ2n) is 4.28. The zero-order chi connectivity index (χ0) is 11.9. The van der Waals surface area contributed by atoms with Crippen LogP contribution in [0.3, 0.4) is 0 Å². The molecule has 0 aromatic rings. The molecule has 94 valence electrons. The fourth-order valence-corrected chi connectivity index (χ4v) is 1.60. The summed E-state index contributed by atoms with van der Waals surface area (Å²) in [5.74, 6) is 0. The predicted molar refractivity (Wildman–Crippen MR) is 72.6 cm³/mol. The van der Waals surface area contributed by atoms with Gasteiger partial charge in [0.1, 0.15) is 0 Å². The van der Waals surface area contributed by atoms with Crippen LogP contribution in [-0.4, -0.2) is 11.7 Å². The molecule has 16 heavy (non-hydrogen) atoms. The minimum atomic E-state index is 0.354. The molecule has 0 aromatic carbocycles. The molecule has 0 heterocycles. The number of unbranched alkanes of at least 4 members (excludes halogenated alkanes) is 7. The second kappa shape index (κ2) is 14.4. The average Bonchev–Trinajstić information content (AvgIpc) is 2.31. The van der Waals surface area contributed by atoms with Crippen molar-refractivity contribution >= 4 is 0 Å². The maximum atomic E-state index is 8.61. The molecule has 0 aliphatic rings. The van der Waals surface area contributed by atoms with Crippen LogP contribution in [-0.2, 0) is 0 Å². The molecule has 0 bridgehead atoms. The maximum absolute atomic E-state index is 8.61. The summed E-state index contributed by atoms with van der Waals surface area (Å²) < 4.78 is 0. The van der Waals surface area contributed by atoms with Crippen molar-refractivity contribution in [2.75, 3.05) is 6.61 Å². The number of hydrogen-bond donors (Lipinski definition) is 1. The van der Waals surface area contributed by atoms with Crippen molar-refractivity contribution in [2.45, 2.75) is 64.7 Å². The van der Waals surface area contributed by atoms with Gasteiger partial charge in [-0.05, 0) is 25.7 Å². The van der Waals surface area contributed by atoms with Crippen LogP contribution in [0.25, 0.3) is 0 Å². The first-order chi connectivity index (χ1) is 7.91. The van der Waals surface area contributed by atoms with Gasteiger partial charge in [0.25, 0.3) is 0 Å². The van der Waals surface area contributed by atoms with Gasteiger partial charge in [0.05, 0.1) is 0 Å². The monoisotopic (exact) mass is 224 g/mol. The van der Waals surface area contributed by atoms with E-state index in [-0.39, 0.29) is 0 Å². The lowest BCUT2D eigenvalue weighted by molar-refractivity contribution is 0.282. The van der Waals surface area contributed by atoms with E-state index in [2.05, 4.69) is 31.2 Å². The molecule has 0 rings (SSSR count).